The summed E-state index contributed by atoms with van der Waals surface area (Å²) >= 11 is 6.71. The fourth-order valence-electron chi connectivity index (χ4n) is 6.28. The molecule has 0 bridgehead atoms. The lowest BCUT2D eigenvalue weighted by Crippen LogP contribution is -2.52. The van der Waals surface area contributed by atoms with E-state index in [1.165, 1.54) is 18.1 Å². The van der Waals surface area contributed by atoms with Gasteiger partial charge in [-0.3, -0.25) is 10.1 Å². The van der Waals surface area contributed by atoms with E-state index in [4.69, 9.17) is 25.8 Å². The smallest absolute Gasteiger partial charge is 0.326 e. The molecule has 10 heteroatoms. The summed E-state index contributed by atoms with van der Waals surface area (Å²) in [5, 5.41) is 32.2. The number of carbonyl (C=O) groups is 1. The molecule has 0 amide bonds. The predicted molar refractivity (Wildman–Crippen MR) is 178 cm³/mol. The zero-order valence-electron chi connectivity index (χ0n) is 26.9. The van der Waals surface area contributed by atoms with Gasteiger partial charge in [0.2, 0.25) is 0 Å². The Balaban J connectivity index is 1.30. The number of nitrogens with one attached hydrogen (secondary N) is 1. The standard InChI is InChI=1S/C36H45ClN2O7/c1-4-44-33-19-34(30(37)18-24(33)20-38-36(3,22-40)35(42)43)46-32-13-12-28-27(9-5-10-29(28)32)26-8-6-11-31(23(26)2)45-17-7-15-39-16-14-25(41)21-39/h5-6,8-11,18-19,25,32,38,40-41H,4,7,12-17,20-22H2,1-3H3,(H,42,43)/t25-,32+,36?/m1/s1. The monoisotopic (exact) mass is 652 g/mol. The fourth-order valence-corrected chi connectivity index (χ4v) is 6.51. The van der Waals surface area contributed by atoms with Gasteiger partial charge in [-0.05, 0) is 86.4 Å². The Labute approximate surface area is 276 Å². The van der Waals surface area contributed by atoms with Crippen LogP contribution in [0.2, 0.25) is 5.02 Å². The minimum absolute atomic E-state index is 0.138. The van der Waals surface area contributed by atoms with Gasteiger partial charge in [0.05, 0.1) is 30.9 Å². The molecule has 1 saturated heterocycles. The van der Waals surface area contributed by atoms with Crippen molar-refractivity contribution in [2.75, 3.05) is 39.5 Å². The number of hydrogen-bond donors (Lipinski definition) is 4. The van der Waals surface area contributed by atoms with Crippen LogP contribution in [-0.2, 0) is 17.8 Å². The molecule has 0 radical (unpaired) electrons. The van der Waals surface area contributed by atoms with Crippen LogP contribution in [0.1, 0.15) is 61.5 Å². The molecule has 3 atom stereocenters. The van der Waals surface area contributed by atoms with Gasteiger partial charge < -0.3 is 34.4 Å². The van der Waals surface area contributed by atoms with Gasteiger partial charge in [-0.25, -0.2) is 0 Å². The van der Waals surface area contributed by atoms with Gasteiger partial charge >= 0.3 is 5.97 Å². The highest BCUT2D eigenvalue weighted by Crippen LogP contribution is 2.44. The number of carboxylic acids is 1. The summed E-state index contributed by atoms with van der Waals surface area (Å²) in [5.41, 5.74) is 4.95. The third kappa shape index (κ3) is 7.61. The number of rotatable bonds is 15. The minimum Gasteiger partial charge on any atom is -0.493 e. The van der Waals surface area contributed by atoms with Crippen molar-refractivity contribution < 1.29 is 34.3 Å². The average molecular weight is 653 g/mol. The lowest BCUT2D eigenvalue weighted by molar-refractivity contribution is -0.145. The average Bonchev–Trinajstić information content (AvgIpc) is 3.66. The van der Waals surface area contributed by atoms with E-state index in [-0.39, 0.29) is 18.8 Å². The van der Waals surface area contributed by atoms with Crippen LogP contribution in [0.4, 0.5) is 0 Å². The molecule has 46 heavy (non-hydrogen) atoms. The molecule has 1 unspecified atom stereocenters. The third-order valence-corrected chi connectivity index (χ3v) is 9.35. The van der Waals surface area contributed by atoms with Crippen molar-refractivity contribution >= 4 is 17.6 Å². The van der Waals surface area contributed by atoms with Crippen molar-refractivity contribution in [3.8, 4) is 28.4 Å². The second-order valence-electron chi connectivity index (χ2n) is 12.4. The largest absolute Gasteiger partial charge is 0.493 e. The van der Waals surface area contributed by atoms with Crippen molar-refractivity contribution in [2.24, 2.45) is 0 Å². The summed E-state index contributed by atoms with van der Waals surface area (Å²) < 4.78 is 18.6. The van der Waals surface area contributed by atoms with Gasteiger partial charge in [-0.15, -0.1) is 0 Å². The molecule has 9 nitrogen and oxygen atoms in total. The Morgan fingerprint density at radius 3 is 2.59 bits per heavy atom. The molecule has 248 valence electrons. The van der Waals surface area contributed by atoms with E-state index in [1.807, 2.05) is 19.1 Å². The topological polar surface area (TPSA) is 121 Å². The first-order valence-corrected chi connectivity index (χ1v) is 16.5. The number of aliphatic hydroxyl groups is 2. The van der Waals surface area contributed by atoms with Gasteiger partial charge in [0.25, 0.3) is 0 Å². The van der Waals surface area contributed by atoms with E-state index in [0.29, 0.717) is 35.3 Å². The van der Waals surface area contributed by atoms with Crippen LogP contribution in [0.5, 0.6) is 17.2 Å². The molecular weight excluding hydrogens is 608 g/mol. The number of ether oxygens (including phenoxy) is 3. The zero-order valence-corrected chi connectivity index (χ0v) is 27.6. The summed E-state index contributed by atoms with van der Waals surface area (Å²) in [6.45, 7) is 8.63. The number of likely N-dealkylation sites (tertiary alicyclic amines) is 1. The quantitative estimate of drug-likeness (QED) is 0.157. The molecule has 0 saturated carbocycles. The highest BCUT2D eigenvalue weighted by atomic mass is 35.5. The number of carboxylic acid groups (broad SMARTS) is 1. The van der Waals surface area contributed by atoms with Crippen molar-refractivity contribution in [2.45, 2.75) is 70.7 Å². The molecule has 4 N–H and O–H groups in total. The van der Waals surface area contributed by atoms with Crippen molar-refractivity contribution in [3.05, 3.63) is 75.8 Å². The van der Waals surface area contributed by atoms with E-state index >= 15 is 0 Å². The lowest BCUT2D eigenvalue weighted by Gasteiger charge is -2.25. The molecule has 0 aromatic heterocycles. The van der Waals surface area contributed by atoms with Crippen LogP contribution in [0, 0.1) is 6.92 Å². The van der Waals surface area contributed by atoms with Crippen LogP contribution >= 0.6 is 11.6 Å². The van der Waals surface area contributed by atoms with Crippen LogP contribution in [0.3, 0.4) is 0 Å². The van der Waals surface area contributed by atoms with E-state index in [9.17, 15) is 20.1 Å². The Morgan fingerprint density at radius 1 is 1.09 bits per heavy atom. The highest BCUT2D eigenvalue weighted by Gasteiger charge is 2.32. The third-order valence-electron chi connectivity index (χ3n) is 9.06. The summed E-state index contributed by atoms with van der Waals surface area (Å²) in [4.78, 5) is 13.9. The number of aliphatic carboxylic acids is 1. The Kier molecular flexibility index (Phi) is 11.1. The molecule has 1 aliphatic carbocycles. The maximum absolute atomic E-state index is 11.6. The molecule has 1 aliphatic heterocycles. The maximum atomic E-state index is 11.6. The summed E-state index contributed by atoms with van der Waals surface area (Å²) in [6, 6.07) is 16.0. The van der Waals surface area contributed by atoms with Crippen LogP contribution < -0.4 is 19.5 Å². The van der Waals surface area contributed by atoms with Crippen molar-refractivity contribution in [3.63, 3.8) is 0 Å². The predicted octanol–water partition coefficient (Wildman–Crippen LogP) is 5.54. The van der Waals surface area contributed by atoms with Gasteiger partial charge in [-0.1, -0.05) is 41.9 Å². The van der Waals surface area contributed by atoms with Crippen molar-refractivity contribution in [1.82, 2.24) is 10.2 Å². The van der Waals surface area contributed by atoms with Crippen molar-refractivity contribution in [1.29, 1.82) is 0 Å². The van der Waals surface area contributed by atoms with Gasteiger partial charge in [0.15, 0.2) is 0 Å². The second-order valence-corrected chi connectivity index (χ2v) is 12.8. The van der Waals surface area contributed by atoms with Gasteiger partial charge in [0, 0.05) is 37.8 Å². The lowest BCUT2D eigenvalue weighted by atomic mass is 9.93. The Morgan fingerprint density at radius 2 is 1.87 bits per heavy atom. The molecule has 3 aromatic carbocycles. The number of benzene rings is 3. The number of nitrogens with zero attached hydrogens (tertiary/aromatic N) is 1. The molecular formula is C36H45ClN2O7. The minimum atomic E-state index is -1.50. The van der Waals surface area contributed by atoms with E-state index in [2.05, 4.69) is 41.4 Å². The molecule has 5 rings (SSSR count). The summed E-state index contributed by atoms with van der Waals surface area (Å²) in [7, 11) is 0. The molecule has 0 spiro atoms. The first kappa shape index (κ1) is 34.0. The summed E-state index contributed by atoms with van der Waals surface area (Å²) in [5.74, 6) is 0.769. The number of halogens is 1. The number of aliphatic hydroxyl groups excluding tert-OH is 2. The van der Waals surface area contributed by atoms with Gasteiger partial charge in [-0.2, -0.15) is 0 Å². The summed E-state index contributed by atoms with van der Waals surface area (Å²) in [6.07, 6.45) is 3.01. The number of fused-ring (bicyclic) bond motifs is 1. The van der Waals surface area contributed by atoms with Crippen LogP contribution in [-0.4, -0.2) is 77.3 Å². The van der Waals surface area contributed by atoms with Gasteiger partial charge in [0.1, 0.15) is 28.9 Å². The zero-order chi connectivity index (χ0) is 32.8. The van der Waals surface area contributed by atoms with Crippen LogP contribution in [0.25, 0.3) is 11.1 Å². The maximum Gasteiger partial charge on any atom is 0.326 e. The first-order valence-electron chi connectivity index (χ1n) is 16.1. The van der Waals surface area contributed by atoms with Crippen LogP contribution in [0.15, 0.2) is 48.5 Å². The fraction of sp³-hybridized carbons (Fsp3) is 0.472. The SMILES string of the molecule is CCOc1cc(O[C@H]2CCc3c(-c4cccc(OCCCN5CC[C@@H](O)C5)c4C)cccc32)c(Cl)cc1CNC(C)(CO)C(=O)O. The normalized spacial score (nSPS) is 19.1. The molecule has 3 aromatic rings. The molecule has 1 fully saturated rings. The van der Waals surface area contributed by atoms with E-state index in [1.54, 1.807) is 12.1 Å². The molecule has 1 heterocycles. The van der Waals surface area contributed by atoms with E-state index < -0.39 is 18.1 Å². The van der Waals surface area contributed by atoms with E-state index in [0.717, 1.165) is 67.8 Å². The second kappa shape index (κ2) is 15.0. The number of hydrogen-bond acceptors (Lipinski definition) is 8. The highest BCUT2D eigenvalue weighted by molar-refractivity contribution is 6.32. The first-order chi connectivity index (χ1) is 22.1. The number of β-amino-alcohol motifs (C(OH)–C–C–N with tert-alkyl or cyclic N) is 1. The Bertz CT molecular complexity index is 1530. The Hall–Kier alpha value is -3.34. The molecule has 2 aliphatic rings.